The topological polar surface area (TPSA) is 0 Å². The standard InChI is InChI=1S/C9H16S/c1-4-8(3)6-7-9(10)5-2/h5-8,10H,4H2,1-3H3/b7-6-,9-5+. The molecule has 0 spiro atoms. The molecule has 0 aliphatic rings. The van der Waals surface area contributed by atoms with E-state index < -0.39 is 0 Å². The first kappa shape index (κ1) is 9.83. The summed E-state index contributed by atoms with van der Waals surface area (Å²) in [6.07, 6.45) is 7.42. The lowest BCUT2D eigenvalue weighted by atomic mass is 10.1. The Morgan fingerprint density at radius 3 is 2.60 bits per heavy atom. The SMILES string of the molecule is C/C=C(S)\C=C/C(C)CC. The Morgan fingerprint density at radius 1 is 1.60 bits per heavy atom. The second-order valence-corrected chi connectivity index (χ2v) is 2.97. The molecule has 0 aliphatic carbocycles. The van der Waals surface area contributed by atoms with Gasteiger partial charge < -0.3 is 0 Å². The quantitative estimate of drug-likeness (QED) is 0.470. The highest BCUT2D eigenvalue weighted by atomic mass is 32.1. The highest BCUT2D eigenvalue weighted by Crippen LogP contribution is 2.07. The molecule has 0 saturated heterocycles. The first-order valence-electron chi connectivity index (χ1n) is 3.74. The zero-order valence-corrected chi connectivity index (χ0v) is 7.86. The van der Waals surface area contributed by atoms with Crippen molar-refractivity contribution in [3.63, 3.8) is 0 Å². The van der Waals surface area contributed by atoms with Gasteiger partial charge in [0, 0.05) is 0 Å². The zero-order valence-electron chi connectivity index (χ0n) is 6.96. The van der Waals surface area contributed by atoms with Crippen molar-refractivity contribution in [3.8, 4) is 0 Å². The third-order valence-electron chi connectivity index (χ3n) is 1.54. The number of allylic oxidation sites excluding steroid dienone is 3. The van der Waals surface area contributed by atoms with Crippen LogP contribution in [0.1, 0.15) is 27.2 Å². The molecule has 1 unspecified atom stereocenters. The van der Waals surface area contributed by atoms with E-state index in [-0.39, 0.29) is 0 Å². The fourth-order valence-corrected chi connectivity index (χ4v) is 0.581. The summed E-state index contributed by atoms with van der Waals surface area (Å²) in [7, 11) is 0. The smallest absolute Gasteiger partial charge is 0.000585 e. The van der Waals surface area contributed by atoms with Gasteiger partial charge in [-0.2, -0.15) is 0 Å². The van der Waals surface area contributed by atoms with Crippen molar-refractivity contribution in [1.82, 2.24) is 0 Å². The average molecular weight is 156 g/mol. The first-order chi connectivity index (χ1) is 4.70. The van der Waals surface area contributed by atoms with Crippen LogP contribution in [0.25, 0.3) is 0 Å². The fourth-order valence-electron chi connectivity index (χ4n) is 0.495. The van der Waals surface area contributed by atoms with Gasteiger partial charge in [0.2, 0.25) is 0 Å². The Hall–Kier alpha value is -0.170. The molecule has 0 nitrogen and oxygen atoms in total. The largest absolute Gasteiger partial charge is 0.144 e. The van der Waals surface area contributed by atoms with Gasteiger partial charge in [-0.1, -0.05) is 38.5 Å². The molecule has 0 aromatic rings. The summed E-state index contributed by atoms with van der Waals surface area (Å²) >= 11 is 4.22. The number of rotatable bonds is 3. The van der Waals surface area contributed by atoms with E-state index in [4.69, 9.17) is 0 Å². The molecule has 0 aliphatic heterocycles. The van der Waals surface area contributed by atoms with Crippen LogP contribution in [-0.2, 0) is 0 Å². The van der Waals surface area contributed by atoms with Gasteiger partial charge in [0.15, 0.2) is 0 Å². The van der Waals surface area contributed by atoms with Crippen LogP contribution in [0.4, 0.5) is 0 Å². The van der Waals surface area contributed by atoms with Crippen molar-refractivity contribution in [2.45, 2.75) is 27.2 Å². The molecule has 10 heavy (non-hydrogen) atoms. The number of thiol groups is 1. The van der Waals surface area contributed by atoms with Crippen molar-refractivity contribution in [3.05, 3.63) is 23.1 Å². The number of hydrogen-bond acceptors (Lipinski definition) is 1. The maximum absolute atomic E-state index is 4.22. The summed E-state index contributed by atoms with van der Waals surface area (Å²) < 4.78 is 0. The van der Waals surface area contributed by atoms with Crippen LogP contribution in [0.15, 0.2) is 23.1 Å². The van der Waals surface area contributed by atoms with Crippen LogP contribution < -0.4 is 0 Å². The summed E-state index contributed by atoms with van der Waals surface area (Å²) in [4.78, 5) is 1.04. The van der Waals surface area contributed by atoms with Gasteiger partial charge in [0.05, 0.1) is 0 Å². The normalized spacial score (nSPS) is 16.2. The van der Waals surface area contributed by atoms with Gasteiger partial charge in [0.25, 0.3) is 0 Å². The van der Waals surface area contributed by atoms with E-state index in [0.717, 1.165) is 4.91 Å². The van der Waals surface area contributed by atoms with Crippen LogP contribution in [-0.4, -0.2) is 0 Å². The van der Waals surface area contributed by atoms with Crippen LogP contribution in [0.5, 0.6) is 0 Å². The van der Waals surface area contributed by atoms with Gasteiger partial charge in [-0.15, -0.1) is 12.6 Å². The van der Waals surface area contributed by atoms with Crippen LogP contribution in [0.3, 0.4) is 0 Å². The predicted octanol–water partition coefficient (Wildman–Crippen LogP) is 3.42. The Balaban J connectivity index is 3.75. The molecule has 0 heterocycles. The molecule has 0 radical (unpaired) electrons. The summed E-state index contributed by atoms with van der Waals surface area (Å²) in [5.74, 6) is 0.669. The lowest BCUT2D eigenvalue weighted by molar-refractivity contribution is 0.698. The molecule has 0 aromatic heterocycles. The predicted molar refractivity (Wildman–Crippen MR) is 51.3 cm³/mol. The molecule has 58 valence electrons. The van der Waals surface area contributed by atoms with Crippen molar-refractivity contribution in [2.75, 3.05) is 0 Å². The van der Waals surface area contributed by atoms with Crippen molar-refractivity contribution in [2.24, 2.45) is 5.92 Å². The van der Waals surface area contributed by atoms with E-state index in [0.29, 0.717) is 5.92 Å². The van der Waals surface area contributed by atoms with Gasteiger partial charge >= 0.3 is 0 Å². The molecule has 0 N–H and O–H groups in total. The van der Waals surface area contributed by atoms with Gasteiger partial charge in [0.1, 0.15) is 0 Å². The van der Waals surface area contributed by atoms with Crippen molar-refractivity contribution in [1.29, 1.82) is 0 Å². The van der Waals surface area contributed by atoms with E-state index in [2.05, 4.69) is 38.6 Å². The zero-order chi connectivity index (χ0) is 7.98. The molecular weight excluding hydrogens is 140 g/mol. The van der Waals surface area contributed by atoms with Gasteiger partial charge in [-0.25, -0.2) is 0 Å². The highest BCUT2D eigenvalue weighted by molar-refractivity contribution is 7.84. The van der Waals surface area contributed by atoms with Gasteiger partial charge in [-0.05, 0) is 17.7 Å². The third-order valence-corrected chi connectivity index (χ3v) is 1.94. The van der Waals surface area contributed by atoms with E-state index in [9.17, 15) is 0 Å². The number of hydrogen-bond donors (Lipinski definition) is 1. The molecule has 0 saturated carbocycles. The Kier molecular flexibility index (Phi) is 5.51. The maximum Gasteiger partial charge on any atom is -0.000585 e. The minimum Gasteiger partial charge on any atom is -0.144 e. The highest BCUT2D eigenvalue weighted by Gasteiger charge is 1.89. The molecule has 0 fully saturated rings. The van der Waals surface area contributed by atoms with Crippen LogP contribution in [0, 0.1) is 5.92 Å². The van der Waals surface area contributed by atoms with E-state index in [1.54, 1.807) is 0 Å². The summed E-state index contributed by atoms with van der Waals surface area (Å²) in [5.41, 5.74) is 0. The molecule has 1 heteroatoms. The Morgan fingerprint density at radius 2 is 2.20 bits per heavy atom. The van der Waals surface area contributed by atoms with Crippen molar-refractivity contribution >= 4 is 12.6 Å². The second-order valence-electron chi connectivity index (χ2n) is 2.46. The molecule has 0 rings (SSSR count). The van der Waals surface area contributed by atoms with Crippen LogP contribution >= 0.6 is 12.6 Å². The second kappa shape index (κ2) is 5.60. The van der Waals surface area contributed by atoms with Gasteiger partial charge in [-0.3, -0.25) is 0 Å². The summed E-state index contributed by atoms with van der Waals surface area (Å²) in [6.45, 7) is 6.37. The van der Waals surface area contributed by atoms with E-state index >= 15 is 0 Å². The van der Waals surface area contributed by atoms with E-state index in [1.807, 2.05) is 13.0 Å². The van der Waals surface area contributed by atoms with Crippen LogP contribution in [0.2, 0.25) is 0 Å². The minimum absolute atomic E-state index is 0.669. The average Bonchev–Trinajstić information content (AvgIpc) is 1.99. The fraction of sp³-hybridized carbons (Fsp3) is 0.556. The Bertz CT molecular complexity index is 134. The lowest BCUT2D eigenvalue weighted by Crippen LogP contribution is -1.83. The van der Waals surface area contributed by atoms with E-state index in [1.165, 1.54) is 6.42 Å². The molecule has 0 bridgehead atoms. The van der Waals surface area contributed by atoms with Crippen molar-refractivity contribution < 1.29 is 0 Å². The molecule has 0 amide bonds. The maximum atomic E-state index is 4.22. The molecular formula is C9H16S. The molecule has 0 aromatic carbocycles. The monoisotopic (exact) mass is 156 g/mol. The summed E-state index contributed by atoms with van der Waals surface area (Å²) in [6, 6.07) is 0. The first-order valence-corrected chi connectivity index (χ1v) is 4.18. The Labute approximate surface area is 69.4 Å². The lowest BCUT2D eigenvalue weighted by Gasteiger charge is -1.98. The summed E-state index contributed by atoms with van der Waals surface area (Å²) in [5, 5.41) is 0. The molecule has 1 atom stereocenters. The minimum atomic E-state index is 0.669. The third kappa shape index (κ3) is 4.68.